The Hall–Kier alpha value is -3.69. The van der Waals surface area contributed by atoms with Gasteiger partial charge in [-0.05, 0) is 74.1 Å². The molecule has 0 aliphatic heterocycles. The maximum Gasteiger partial charge on any atom is 0.335 e. The van der Waals surface area contributed by atoms with Crippen LogP contribution >= 0.6 is 11.3 Å². The number of hydrogen-bond acceptors (Lipinski definition) is 8. The highest BCUT2D eigenvalue weighted by molar-refractivity contribution is 7.15. The number of hydrogen-bond donors (Lipinski definition) is 3. The fourth-order valence-corrected chi connectivity index (χ4v) is 5.33. The molecule has 1 aromatic carbocycles. The van der Waals surface area contributed by atoms with E-state index in [-0.39, 0.29) is 5.56 Å². The molecule has 8 nitrogen and oxygen atoms in total. The Morgan fingerprint density at radius 2 is 1.94 bits per heavy atom. The molecule has 1 aliphatic rings. The molecular weight excluding hydrogens is 450 g/mol. The second-order valence-electron chi connectivity index (χ2n) is 8.51. The summed E-state index contributed by atoms with van der Waals surface area (Å²) < 4.78 is 0. The Bertz CT molecular complexity index is 1400. The molecule has 0 radical (unpaired) electrons. The maximum atomic E-state index is 11.7. The number of thiazole rings is 1. The monoisotopic (exact) mass is 473 g/mol. The number of aromatic carboxylic acids is 1. The van der Waals surface area contributed by atoms with Gasteiger partial charge < -0.3 is 15.5 Å². The Morgan fingerprint density at radius 3 is 2.74 bits per heavy atom. The summed E-state index contributed by atoms with van der Waals surface area (Å²) in [5, 5.41) is 24.8. The van der Waals surface area contributed by atoms with E-state index in [4.69, 9.17) is 4.98 Å². The predicted molar refractivity (Wildman–Crippen MR) is 129 cm³/mol. The molecule has 4 aromatic rings. The van der Waals surface area contributed by atoms with Crippen molar-refractivity contribution in [3.8, 4) is 10.6 Å². The van der Waals surface area contributed by atoms with Crippen molar-refractivity contribution in [2.75, 3.05) is 5.32 Å². The van der Waals surface area contributed by atoms with Crippen LogP contribution in [0.4, 0.5) is 11.6 Å². The highest BCUT2D eigenvalue weighted by Gasteiger charge is 2.39. The minimum Gasteiger partial charge on any atom is -0.478 e. The first-order valence-electron chi connectivity index (χ1n) is 10.9. The van der Waals surface area contributed by atoms with E-state index in [1.807, 2.05) is 32.0 Å². The lowest BCUT2D eigenvalue weighted by molar-refractivity contribution is 0.0607. The Labute approximate surface area is 200 Å². The SMILES string of the molecule is Cc1cc(Nc2cc(C)ncn2)nc(-c2cnc([C@]3(O)CCCc4cc(C(=O)O)ccc43)s2)c1. The quantitative estimate of drug-likeness (QED) is 0.384. The topological polar surface area (TPSA) is 121 Å². The van der Waals surface area contributed by atoms with Crippen molar-refractivity contribution < 1.29 is 15.0 Å². The zero-order valence-corrected chi connectivity index (χ0v) is 19.6. The van der Waals surface area contributed by atoms with Gasteiger partial charge in [-0.1, -0.05) is 6.07 Å². The number of fused-ring (bicyclic) bond motifs is 1. The fourth-order valence-electron chi connectivity index (χ4n) is 4.32. The van der Waals surface area contributed by atoms with Crippen LogP contribution in [0.2, 0.25) is 0 Å². The van der Waals surface area contributed by atoms with Crippen LogP contribution in [0.3, 0.4) is 0 Å². The van der Waals surface area contributed by atoms with Crippen LogP contribution in [0, 0.1) is 13.8 Å². The molecule has 9 heteroatoms. The number of aromatic nitrogens is 4. The van der Waals surface area contributed by atoms with E-state index >= 15 is 0 Å². The molecule has 5 rings (SSSR count). The maximum absolute atomic E-state index is 11.7. The third-order valence-corrected chi connectivity index (χ3v) is 7.09. The van der Waals surface area contributed by atoms with Crippen LogP contribution in [0.25, 0.3) is 10.6 Å². The molecule has 0 saturated heterocycles. The highest BCUT2D eigenvalue weighted by atomic mass is 32.1. The lowest BCUT2D eigenvalue weighted by atomic mass is 9.79. The van der Waals surface area contributed by atoms with Gasteiger partial charge in [0.2, 0.25) is 0 Å². The first kappa shape index (κ1) is 22.1. The summed E-state index contributed by atoms with van der Waals surface area (Å²) in [5.74, 6) is 0.349. The van der Waals surface area contributed by atoms with Gasteiger partial charge in [0.1, 0.15) is 28.6 Å². The summed E-state index contributed by atoms with van der Waals surface area (Å²) in [6.07, 6.45) is 5.25. The predicted octanol–water partition coefficient (Wildman–Crippen LogP) is 4.63. The van der Waals surface area contributed by atoms with Crippen molar-refractivity contribution in [2.45, 2.75) is 38.7 Å². The van der Waals surface area contributed by atoms with E-state index in [0.717, 1.165) is 45.8 Å². The van der Waals surface area contributed by atoms with E-state index in [9.17, 15) is 15.0 Å². The third-order valence-electron chi connectivity index (χ3n) is 5.92. The largest absolute Gasteiger partial charge is 0.478 e. The Balaban J connectivity index is 1.48. The number of anilines is 2. The van der Waals surface area contributed by atoms with E-state index in [1.165, 1.54) is 17.7 Å². The van der Waals surface area contributed by atoms with Crippen molar-refractivity contribution in [1.82, 2.24) is 19.9 Å². The zero-order valence-electron chi connectivity index (χ0n) is 18.7. The number of nitrogens with zero attached hydrogens (tertiary/aromatic N) is 4. The van der Waals surface area contributed by atoms with Crippen molar-refractivity contribution in [2.24, 2.45) is 0 Å². The molecule has 0 bridgehead atoms. The lowest BCUT2D eigenvalue weighted by Gasteiger charge is -2.33. The molecule has 3 N–H and O–H groups in total. The first-order valence-corrected chi connectivity index (χ1v) is 11.7. The number of pyridine rings is 1. The van der Waals surface area contributed by atoms with E-state index in [1.54, 1.807) is 24.4 Å². The van der Waals surface area contributed by atoms with Crippen molar-refractivity contribution >= 4 is 28.9 Å². The van der Waals surface area contributed by atoms with Gasteiger partial charge in [0.25, 0.3) is 0 Å². The number of benzene rings is 1. The normalized spacial score (nSPS) is 17.3. The van der Waals surface area contributed by atoms with E-state index in [2.05, 4.69) is 20.3 Å². The average molecular weight is 474 g/mol. The second kappa shape index (κ2) is 8.58. The molecule has 0 saturated carbocycles. The number of carboxylic acid groups (broad SMARTS) is 1. The molecule has 0 unspecified atom stereocenters. The molecule has 1 aliphatic carbocycles. The van der Waals surface area contributed by atoms with Crippen LogP contribution in [0.5, 0.6) is 0 Å². The van der Waals surface area contributed by atoms with Crippen LogP contribution in [0.1, 0.15) is 50.6 Å². The van der Waals surface area contributed by atoms with Crippen molar-refractivity contribution in [3.63, 3.8) is 0 Å². The summed E-state index contributed by atoms with van der Waals surface area (Å²) in [7, 11) is 0. The Morgan fingerprint density at radius 1 is 1.09 bits per heavy atom. The van der Waals surface area contributed by atoms with Gasteiger partial charge in [-0.25, -0.2) is 24.7 Å². The van der Waals surface area contributed by atoms with E-state index in [0.29, 0.717) is 23.1 Å². The lowest BCUT2D eigenvalue weighted by Crippen LogP contribution is -2.32. The van der Waals surface area contributed by atoms with Gasteiger partial charge in [-0.3, -0.25) is 0 Å². The first-order chi connectivity index (χ1) is 16.3. The molecular formula is C25H23N5O3S. The molecule has 0 amide bonds. The van der Waals surface area contributed by atoms with Gasteiger partial charge in [0, 0.05) is 18.0 Å². The highest BCUT2D eigenvalue weighted by Crippen LogP contribution is 2.43. The molecule has 1 atom stereocenters. The summed E-state index contributed by atoms with van der Waals surface area (Å²) >= 11 is 1.40. The molecule has 0 fully saturated rings. The standard InChI is InChI=1S/C25H23N5O3S/c1-14-8-19(29-22(9-14)30-21-10-15(2)27-13-28-21)20-12-26-24(34-20)25(33)7-3-4-16-11-17(23(31)32)5-6-18(16)25/h5-6,8-13,33H,3-4,7H2,1-2H3,(H,31,32)(H,27,28,29,30)/t25-/m0/s1. The van der Waals surface area contributed by atoms with Gasteiger partial charge in [-0.2, -0.15) is 0 Å². The molecule has 3 aromatic heterocycles. The minimum absolute atomic E-state index is 0.227. The van der Waals surface area contributed by atoms with Gasteiger partial charge in [0.15, 0.2) is 0 Å². The summed E-state index contributed by atoms with van der Waals surface area (Å²) in [6.45, 7) is 3.89. The van der Waals surface area contributed by atoms with E-state index < -0.39 is 11.6 Å². The van der Waals surface area contributed by atoms with Gasteiger partial charge >= 0.3 is 5.97 Å². The van der Waals surface area contributed by atoms with Crippen LogP contribution < -0.4 is 5.32 Å². The van der Waals surface area contributed by atoms with Gasteiger partial charge in [0.05, 0.1) is 16.1 Å². The van der Waals surface area contributed by atoms with Crippen molar-refractivity contribution in [1.29, 1.82) is 0 Å². The summed E-state index contributed by atoms with van der Waals surface area (Å²) in [4.78, 5) is 29.9. The Kier molecular flexibility index (Phi) is 5.59. The number of aliphatic hydroxyl groups is 1. The number of aryl methyl sites for hydroxylation is 3. The average Bonchev–Trinajstić information content (AvgIpc) is 3.30. The molecule has 0 spiro atoms. The van der Waals surface area contributed by atoms with Crippen molar-refractivity contribution in [3.05, 3.63) is 81.9 Å². The number of rotatable bonds is 5. The number of nitrogens with one attached hydrogen (secondary N) is 1. The third kappa shape index (κ3) is 4.15. The molecule has 34 heavy (non-hydrogen) atoms. The van der Waals surface area contributed by atoms with Gasteiger partial charge in [-0.15, -0.1) is 11.3 Å². The second-order valence-corrected chi connectivity index (χ2v) is 9.54. The summed E-state index contributed by atoms with van der Waals surface area (Å²) in [6, 6.07) is 10.7. The van der Waals surface area contributed by atoms with Crippen LogP contribution in [0.15, 0.2) is 48.9 Å². The minimum atomic E-state index is -1.25. The number of carboxylic acids is 1. The zero-order chi connectivity index (χ0) is 23.9. The molecule has 3 heterocycles. The van der Waals surface area contributed by atoms with Crippen LogP contribution in [-0.2, 0) is 12.0 Å². The number of carbonyl (C=O) groups is 1. The molecule has 172 valence electrons. The van der Waals surface area contributed by atoms with Crippen LogP contribution in [-0.4, -0.2) is 36.1 Å². The fraction of sp³-hybridized carbons (Fsp3) is 0.240. The summed E-state index contributed by atoms with van der Waals surface area (Å²) in [5.41, 5.74) is 3.18. The smallest absolute Gasteiger partial charge is 0.335 e.